The van der Waals surface area contributed by atoms with Crippen molar-refractivity contribution in [2.75, 3.05) is 38.1 Å². The molecule has 0 N–H and O–H groups in total. The first-order valence-corrected chi connectivity index (χ1v) is 7.31. The van der Waals surface area contributed by atoms with Crippen LogP contribution in [0.4, 0.5) is 5.82 Å². The standard InChI is InChI=1S/C13H16N4S/c1-16-4-9-6-17(7-10(9)5-16)13-12-11(2-3-18-12)14-8-15-13/h2-3,8-10H,4-7H2,1H3. The van der Waals surface area contributed by atoms with Gasteiger partial charge in [0.1, 0.15) is 12.1 Å². The van der Waals surface area contributed by atoms with E-state index < -0.39 is 0 Å². The second-order valence-electron chi connectivity index (χ2n) is 5.48. The minimum atomic E-state index is 0.819. The Morgan fingerprint density at radius 2 is 1.94 bits per heavy atom. The molecule has 2 saturated heterocycles. The van der Waals surface area contributed by atoms with Gasteiger partial charge in [0.15, 0.2) is 0 Å². The van der Waals surface area contributed by atoms with Crippen molar-refractivity contribution in [3.63, 3.8) is 0 Å². The molecule has 0 amide bonds. The normalized spacial score (nSPS) is 28.2. The Morgan fingerprint density at radius 1 is 1.17 bits per heavy atom. The molecule has 0 radical (unpaired) electrons. The van der Waals surface area contributed by atoms with Crippen LogP contribution in [0.2, 0.25) is 0 Å². The van der Waals surface area contributed by atoms with E-state index in [-0.39, 0.29) is 0 Å². The summed E-state index contributed by atoms with van der Waals surface area (Å²) in [7, 11) is 2.23. The van der Waals surface area contributed by atoms with Gasteiger partial charge in [0.25, 0.3) is 0 Å². The van der Waals surface area contributed by atoms with E-state index in [4.69, 9.17) is 0 Å². The van der Waals surface area contributed by atoms with Crippen molar-refractivity contribution in [2.45, 2.75) is 0 Å². The number of anilines is 1. The van der Waals surface area contributed by atoms with Crippen molar-refractivity contribution >= 4 is 27.4 Å². The van der Waals surface area contributed by atoms with Crippen LogP contribution in [0.5, 0.6) is 0 Å². The zero-order valence-electron chi connectivity index (χ0n) is 10.4. The molecular weight excluding hydrogens is 244 g/mol. The molecule has 0 bridgehead atoms. The Hall–Kier alpha value is -1.20. The van der Waals surface area contributed by atoms with E-state index in [0.717, 1.165) is 36.3 Å². The van der Waals surface area contributed by atoms with Gasteiger partial charge in [-0.05, 0) is 30.3 Å². The van der Waals surface area contributed by atoms with Gasteiger partial charge >= 0.3 is 0 Å². The average Bonchev–Trinajstić information content (AvgIpc) is 3.00. The fraction of sp³-hybridized carbons (Fsp3) is 0.538. The maximum Gasteiger partial charge on any atom is 0.150 e. The molecule has 2 aromatic heterocycles. The third-order valence-electron chi connectivity index (χ3n) is 4.19. The van der Waals surface area contributed by atoms with E-state index in [1.807, 2.05) is 0 Å². The molecule has 0 aliphatic carbocycles. The summed E-state index contributed by atoms with van der Waals surface area (Å²) in [6.07, 6.45) is 1.70. The van der Waals surface area contributed by atoms with Crippen LogP contribution in [0, 0.1) is 11.8 Å². The topological polar surface area (TPSA) is 32.3 Å². The summed E-state index contributed by atoms with van der Waals surface area (Å²) in [4.78, 5) is 13.8. The third kappa shape index (κ3) is 1.54. The first-order valence-electron chi connectivity index (χ1n) is 6.43. The van der Waals surface area contributed by atoms with Crippen LogP contribution in [-0.2, 0) is 0 Å². The van der Waals surface area contributed by atoms with Crippen LogP contribution in [0.3, 0.4) is 0 Å². The monoisotopic (exact) mass is 260 g/mol. The summed E-state index contributed by atoms with van der Waals surface area (Å²) in [5, 5.41) is 2.10. The summed E-state index contributed by atoms with van der Waals surface area (Å²) >= 11 is 1.75. The molecule has 94 valence electrons. The molecule has 0 saturated carbocycles. The Balaban J connectivity index is 1.67. The van der Waals surface area contributed by atoms with Gasteiger partial charge in [0.2, 0.25) is 0 Å². The lowest BCUT2D eigenvalue weighted by molar-refractivity contribution is 0.387. The van der Waals surface area contributed by atoms with Gasteiger partial charge in [-0.2, -0.15) is 0 Å². The van der Waals surface area contributed by atoms with Crippen molar-refractivity contribution in [1.82, 2.24) is 14.9 Å². The van der Waals surface area contributed by atoms with E-state index in [0.29, 0.717) is 0 Å². The zero-order chi connectivity index (χ0) is 12.1. The third-order valence-corrected chi connectivity index (χ3v) is 5.09. The number of nitrogens with zero attached hydrogens (tertiary/aromatic N) is 4. The fourth-order valence-corrected chi connectivity index (χ4v) is 4.26. The molecule has 2 aromatic rings. The lowest BCUT2D eigenvalue weighted by atomic mass is 10.0. The van der Waals surface area contributed by atoms with Crippen molar-refractivity contribution < 1.29 is 0 Å². The minimum Gasteiger partial charge on any atom is -0.355 e. The number of likely N-dealkylation sites (tertiary alicyclic amines) is 1. The summed E-state index contributed by atoms with van der Waals surface area (Å²) in [6.45, 7) is 4.78. The molecule has 4 rings (SSSR count). The van der Waals surface area contributed by atoms with Crippen molar-refractivity contribution in [3.8, 4) is 0 Å². The van der Waals surface area contributed by atoms with Crippen LogP contribution < -0.4 is 4.90 Å². The number of thiophene rings is 1. The highest BCUT2D eigenvalue weighted by Crippen LogP contribution is 2.36. The van der Waals surface area contributed by atoms with Crippen LogP contribution in [0.15, 0.2) is 17.8 Å². The average molecular weight is 260 g/mol. The number of aromatic nitrogens is 2. The maximum absolute atomic E-state index is 4.52. The van der Waals surface area contributed by atoms with Gasteiger partial charge in [0, 0.05) is 26.2 Å². The molecule has 2 aliphatic heterocycles. The molecule has 18 heavy (non-hydrogen) atoms. The molecule has 0 aromatic carbocycles. The van der Waals surface area contributed by atoms with Crippen LogP contribution in [-0.4, -0.2) is 48.1 Å². The Kier molecular flexibility index (Phi) is 2.32. The fourth-order valence-electron chi connectivity index (χ4n) is 3.40. The van der Waals surface area contributed by atoms with E-state index in [9.17, 15) is 0 Å². The van der Waals surface area contributed by atoms with E-state index in [1.165, 1.54) is 17.8 Å². The summed E-state index contributed by atoms with van der Waals surface area (Å²) < 4.78 is 1.24. The Bertz CT molecular complexity index is 567. The van der Waals surface area contributed by atoms with Gasteiger partial charge in [-0.15, -0.1) is 11.3 Å². The SMILES string of the molecule is CN1CC2CN(c3ncnc4ccsc34)CC2C1. The van der Waals surface area contributed by atoms with Gasteiger partial charge < -0.3 is 9.80 Å². The first-order chi connectivity index (χ1) is 8.81. The smallest absolute Gasteiger partial charge is 0.150 e. The van der Waals surface area contributed by atoms with Gasteiger partial charge in [-0.1, -0.05) is 0 Å². The molecule has 2 aliphatic rings. The quantitative estimate of drug-likeness (QED) is 0.781. The molecule has 4 heterocycles. The first kappa shape index (κ1) is 10.7. The van der Waals surface area contributed by atoms with Crippen LogP contribution >= 0.6 is 11.3 Å². The highest BCUT2D eigenvalue weighted by molar-refractivity contribution is 7.17. The van der Waals surface area contributed by atoms with Gasteiger partial charge in [-0.3, -0.25) is 0 Å². The van der Waals surface area contributed by atoms with Crippen LogP contribution in [0.1, 0.15) is 0 Å². The Morgan fingerprint density at radius 3 is 2.72 bits per heavy atom. The number of rotatable bonds is 1. The summed E-state index contributed by atoms with van der Waals surface area (Å²) in [5.41, 5.74) is 1.08. The number of hydrogen-bond donors (Lipinski definition) is 0. The van der Waals surface area contributed by atoms with Crippen molar-refractivity contribution in [3.05, 3.63) is 17.8 Å². The van der Waals surface area contributed by atoms with Crippen molar-refractivity contribution in [2.24, 2.45) is 11.8 Å². The predicted octanol–water partition coefficient (Wildman–Crippen LogP) is 1.69. The number of hydrogen-bond acceptors (Lipinski definition) is 5. The van der Waals surface area contributed by atoms with Gasteiger partial charge in [0.05, 0.1) is 10.2 Å². The largest absolute Gasteiger partial charge is 0.355 e. The molecule has 2 atom stereocenters. The zero-order valence-corrected chi connectivity index (χ0v) is 11.2. The van der Waals surface area contributed by atoms with Gasteiger partial charge in [-0.25, -0.2) is 9.97 Å². The van der Waals surface area contributed by atoms with E-state index >= 15 is 0 Å². The van der Waals surface area contributed by atoms with Crippen molar-refractivity contribution in [1.29, 1.82) is 0 Å². The van der Waals surface area contributed by atoms with E-state index in [1.54, 1.807) is 17.7 Å². The Labute approximate surface area is 110 Å². The summed E-state index contributed by atoms with van der Waals surface area (Å²) in [5.74, 6) is 2.78. The lowest BCUT2D eigenvalue weighted by Gasteiger charge is -2.20. The second-order valence-corrected chi connectivity index (χ2v) is 6.39. The lowest BCUT2D eigenvalue weighted by Crippen LogP contribution is -2.27. The van der Waals surface area contributed by atoms with E-state index in [2.05, 4.69) is 38.3 Å². The molecule has 2 fully saturated rings. The predicted molar refractivity (Wildman–Crippen MR) is 74.1 cm³/mol. The number of fused-ring (bicyclic) bond motifs is 2. The molecule has 2 unspecified atom stereocenters. The molecule has 4 nitrogen and oxygen atoms in total. The molecule has 5 heteroatoms. The molecule has 0 spiro atoms. The van der Waals surface area contributed by atoms with Crippen LogP contribution in [0.25, 0.3) is 10.2 Å². The highest BCUT2D eigenvalue weighted by atomic mass is 32.1. The highest BCUT2D eigenvalue weighted by Gasteiger charge is 2.39. The minimum absolute atomic E-state index is 0.819. The molecular formula is C13H16N4S. The summed E-state index contributed by atoms with van der Waals surface area (Å²) in [6, 6.07) is 2.08. The maximum atomic E-state index is 4.52. The second kappa shape index (κ2) is 3.90.